The summed E-state index contributed by atoms with van der Waals surface area (Å²) in [4.78, 5) is 0. The van der Waals surface area contributed by atoms with Crippen LogP contribution in [0.5, 0.6) is 0 Å². The molecule has 0 radical (unpaired) electrons. The van der Waals surface area contributed by atoms with E-state index in [1.807, 2.05) is 37.3 Å². The third-order valence-electron chi connectivity index (χ3n) is 3.07. The molecule has 0 aliphatic rings. The van der Waals surface area contributed by atoms with Gasteiger partial charge in [0, 0.05) is 0 Å². The molecular formula is C16H22F2O. The average molecular weight is 268 g/mol. The zero-order valence-electron chi connectivity index (χ0n) is 11.4. The van der Waals surface area contributed by atoms with Crippen molar-refractivity contribution in [1.82, 2.24) is 0 Å². The van der Waals surface area contributed by atoms with Gasteiger partial charge in [0.1, 0.15) is 6.10 Å². The van der Waals surface area contributed by atoms with E-state index in [1.165, 1.54) is 0 Å². The number of rotatable bonds is 9. The Balaban J connectivity index is 2.56. The molecule has 3 heteroatoms. The standard InChI is InChI=1S/C16H22F2O/c1-3-5-7-12-15(16(17,18)4-2)19-13-14-10-8-6-9-11-14/h4,6,8-11,15H,2-3,5,7,12-13H2,1H3. The van der Waals surface area contributed by atoms with Gasteiger partial charge in [-0.3, -0.25) is 0 Å². The van der Waals surface area contributed by atoms with Crippen molar-refractivity contribution in [3.05, 3.63) is 48.6 Å². The lowest BCUT2D eigenvalue weighted by atomic mass is 10.0. The number of benzene rings is 1. The van der Waals surface area contributed by atoms with E-state index in [0.717, 1.165) is 24.8 Å². The van der Waals surface area contributed by atoms with Gasteiger partial charge >= 0.3 is 0 Å². The van der Waals surface area contributed by atoms with Gasteiger partial charge in [0.05, 0.1) is 6.61 Å². The summed E-state index contributed by atoms with van der Waals surface area (Å²) in [7, 11) is 0. The van der Waals surface area contributed by atoms with E-state index in [2.05, 4.69) is 6.58 Å². The Bertz CT molecular complexity index is 362. The predicted octanol–water partition coefficient (Wildman–Crippen LogP) is 4.97. The molecule has 0 aromatic heterocycles. The second-order valence-corrected chi connectivity index (χ2v) is 4.66. The van der Waals surface area contributed by atoms with Crippen molar-refractivity contribution < 1.29 is 13.5 Å². The highest BCUT2D eigenvalue weighted by molar-refractivity contribution is 5.13. The molecule has 0 saturated heterocycles. The second-order valence-electron chi connectivity index (χ2n) is 4.66. The number of hydrogen-bond acceptors (Lipinski definition) is 1. The molecule has 0 aliphatic heterocycles. The van der Waals surface area contributed by atoms with Crippen molar-refractivity contribution in [3.63, 3.8) is 0 Å². The Hall–Kier alpha value is -1.22. The highest BCUT2D eigenvalue weighted by Crippen LogP contribution is 2.27. The van der Waals surface area contributed by atoms with Crippen LogP contribution in [0.3, 0.4) is 0 Å². The third-order valence-corrected chi connectivity index (χ3v) is 3.07. The Kier molecular flexibility index (Phi) is 6.71. The molecule has 0 N–H and O–H groups in total. The molecule has 1 nitrogen and oxygen atoms in total. The summed E-state index contributed by atoms with van der Waals surface area (Å²) in [5.41, 5.74) is 0.905. The summed E-state index contributed by atoms with van der Waals surface area (Å²) in [5.74, 6) is -2.97. The maximum atomic E-state index is 13.7. The van der Waals surface area contributed by atoms with Crippen molar-refractivity contribution in [1.29, 1.82) is 0 Å². The fourth-order valence-electron chi connectivity index (χ4n) is 1.87. The predicted molar refractivity (Wildman–Crippen MR) is 74.3 cm³/mol. The Morgan fingerprint density at radius 3 is 2.53 bits per heavy atom. The zero-order valence-corrected chi connectivity index (χ0v) is 11.4. The molecular weight excluding hydrogens is 246 g/mol. The minimum atomic E-state index is -2.97. The summed E-state index contributed by atoms with van der Waals surface area (Å²) in [5, 5.41) is 0. The number of unbranched alkanes of at least 4 members (excludes halogenated alkanes) is 2. The second kappa shape index (κ2) is 8.05. The maximum absolute atomic E-state index is 13.7. The SMILES string of the molecule is C=CC(F)(F)C(CCCCC)OCc1ccccc1. The van der Waals surface area contributed by atoms with Crippen molar-refractivity contribution in [3.8, 4) is 0 Å². The van der Waals surface area contributed by atoms with E-state index in [1.54, 1.807) is 0 Å². The van der Waals surface area contributed by atoms with Crippen molar-refractivity contribution in [2.75, 3.05) is 0 Å². The van der Waals surface area contributed by atoms with Gasteiger partial charge in [0.25, 0.3) is 5.92 Å². The van der Waals surface area contributed by atoms with Gasteiger partial charge in [0.2, 0.25) is 0 Å². The van der Waals surface area contributed by atoms with Crippen LogP contribution in [-0.2, 0) is 11.3 Å². The number of halogens is 2. The van der Waals surface area contributed by atoms with E-state index in [-0.39, 0.29) is 6.61 Å². The van der Waals surface area contributed by atoms with Crippen LogP contribution < -0.4 is 0 Å². The molecule has 0 spiro atoms. The summed E-state index contributed by atoms with van der Waals surface area (Å²) in [6.07, 6.45) is 2.66. The lowest BCUT2D eigenvalue weighted by Gasteiger charge is -2.24. The van der Waals surface area contributed by atoms with E-state index < -0.39 is 12.0 Å². The van der Waals surface area contributed by atoms with Crippen LogP contribution in [0.1, 0.15) is 38.2 Å². The molecule has 0 aliphatic carbocycles. The molecule has 19 heavy (non-hydrogen) atoms. The summed E-state index contributed by atoms with van der Waals surface area (Å²) < 4.78 is 32.8. The minimum Gasteiger partial charge on any atom is -0.367 e. The Morgan fingerprint density at radius 1 is 1.26 bits per heavy atom. The van der Waals surface area contributed by atoms with Gasteiger partial charge in [-0.25, -0.2) is 0 Å². The average Bonchev–Trinajstić information content (AvgIpc) is 2.43. The quantitative estimate of drug-likeness (QED) is 0.453. The van der Waals surface area contributed by atoms with Crippen LogP contribution in [0.15, 0.2) is 43.0 Å². The van der Waals surface area contributed by atoms with Gasteiger partial charge in [0.15, 0.2) is 0 Å². The molecule has 1 aromatic rings. The summed E-state index contributed by atoms with van der Waals surface area (Å²) >= 11 is 0. The first-order valence-electron chi connectivity index (χ1n) is 6.77. The van der Waals surface area contributed by atoms with E-state index in [0.29, 0.717) is 12.5 Å². The molecule has 1 aromatic carbocycles. The molecule has 1 atom stereocenters. The van der Waals surface area contributed by atoms with E-state index in [4.69, 9.17) is 4.74 Å². The number of alkyl halides is 2. The van der Waals surface area contributed by atoms with Crippen LogP contribution in [0.2, 0.25) is 0 Å². The van der Waals surface area contributed by atoms with Crippen molar-refractivity contribution in [2.45, 2.75) is 51.2 Å². The van der Waals surface area contributed by atoms with Gasteiger partial charge in [-0.15, -0.1) is 0 Å². The summed E-state index contributed by atoms with van der Waals surface area (Å²) in [6, 6.07) is 9.37. The van der Waals surface area contributed by atoms with Crippen LogP contribution in [0.25, 0.3) is 0 Å². The zero-order chi connectivity index (χ0) is 14.1. The largest absolute Gasteiger partial charge is 0.367 e. The minimum absolute atomic E-state index is 0.209. The summed E-state index contributed by atoms with van der Waals surface area (Å²) in [6.45, 7) is 5.46. The highest BCUT2D eigenvalue weighted by atomic mass is 19.3. The molecule has 0 fully saturated rings. The van der Waals surface area contributed by atoms with Gasteiger partial charge in [-0.1, -0.05) is 63.1 Å². The topological polar surface area (TPSA) is 9.23 Å². The Morgan fingerprint density at radius 2 is 1.95 bits per heavy atom. The van der Waals surface area contributed by atoms with E-state index in [9.17, 15) is 8.78 Å². The van der Waals surface area contributed by atoms with Gasteiger partial charge in [-0.2, -0.15) is 8.78 Å². The first kappa shape index (κ1) is 15.8. The number of hydrogen-bond donors (Lipinski definition) is 0. The first-order chi connectivity index (χ1) is 9.10. The van der Waals surface area contributed by atoms with Crippen LogP contribution in [-0.4, -0.2) is 12.0 Å². The lowest BCUT2D eigenvalue weighted by molar-refractivity contribution is -0.115. The first-order valence-corrected chi connectivity index (χ1v) is 6.77. The fraction of sp³-hybridized carbons (Fsp3) is 0.500. The van der Waals surface area contributed by atoms with Crippen LogP contribution in [0, 0.1) is 0 Å². The number of ether oxygens (including phenoxy) is 1. The molecule has 106 valence electrons. The molecule has 1 unspecified atom stereocenters. The van der Waals surface area contributed by atoms with Crippen LogP contribution in [0.4, 0.5) is 8.78 Å². The van der Waals surface area contributed by atoms with E-state index >= 15 is 0 Å². The molecule has 0 heterocycles. The fourth-order valence-corrected chi connectivity index (χ4v) is 1.87. The van der Waals surface area contributed by atoms with Crippen LogP contribution >= 0.6 is 0 Å². The lowest BCUT2D eigenvalue weighted by Crippen LogP contribution is -2.33. The normalized spacial score (nSPS) is 13.2. The smallest absolute Gasteiger partial charge is 0.291 e. The molecule has 0 amide bonds. The maximum Gasteiger partial charge on any atom is 0.291 e. The van der Waals surface area contributed by atoms with Gasteiger partial charge < -0.3 is 4.74 Å². The monoisotopic (exact) mass is 268 g/mol. The van der Waals surface area contributed by atoms with Gasteiger partial charge in [-0.05, 0) is 18.1 Å². The highest BCUT2D eigenvalue weighted by Gasteiger charge is 2.36. The third kappa shape index (κ3) is 5.52. The van der Waals surface area contributed by atoms with Crippen molar-refractivity contribution in [2.24, 2.45) is 0 Å². The Labute approximate surface area is 114 Å². The molecule has 0 saturated carbocycles. The molecule has 1 rings (SSSR count). The van der Waals surface area contributed by atoms with Crippen molar-refractivity contribution >= 4 is 0 Å². The molecule has 0 bridgehead atoms.